The number of phenolic OH excluding ortho intramolecular Hbond substituents is 3. The molecule has 5 rings (SSSR count). The topological polar surface area (TPSA) is 222 Å². The highest BCUT2D eigenvalue weighted by Gasteiger charge is 2.55. The van der Waals surface area contributed by atoms with Gasteiger partial charge in [0.1, 0.15) is 52.3 Å². The van der Waals surface area contributed by atoms with Gasteiger partial charge in [-0.1, -0.05) is 18.2 Å². The summed E-state index contributed by atoms with van der Waals surface area (Å²) in [4.78, 5) is 25.8. The lowest BCUT2D eigenvalue weighted by molar-refractivity contribution is -0.343. The molecule has 0 radical (unpaired) electrons. The Labute approximate surface area is 244 Å². The van der Waals surface area contributed by atoms with Crippen molar-refractivity contribution in [1.82, 2.24) is 0 Å². The highest BCUT2D eigenvalue weighted by atomic mass is 16.8. The quantitative estimate of drug-likeness (QED) is 0.166. The molecule has 7 N–H and O–H groups in total. The molecule has 0 aromatic heterocycles. The van der Waals surface area contributed by atoms with Gasteiger partial charge in [0.25, 0.3) is 0 Å². The number of phenols is 3. The molecule has 14 nitrogen and oxygen atoms in total. The van der Waals surface area contributed by atoms with Crippen LogP contribution in [-0.4, -0.2) is 103 Å². The van der Waals surface area contributed by atoms with Crippen LogP contribution >= 0.6 is 0 Å². The van der Waals surface area contributed by atoms with Crippen molar-refractivity contribution in [3.8, 4) is 28.4 Å². The van der Waals surface area contributed by atoms with E-state index in [9.17, 15) is 45.3 Å². The number of aromatic hydroxyl groups is 3. The molecule has 0 spiro atoms. The van der Waals surface area contributed by atoms with E-state index in [0.29, 0.717) is 0 Å². The predicted molar refractivity (Wildman–Crippen MR) is 142 cm³/mol. The average molecular weight is 603 g/mol. The van der Waals surface area contributed by atoms with E-state index in [4.69, 9.17) is 23.7 Å². The fourth-order valence-electron chi connectivity index (χ4n) is 5.39. The Morgan fingerprint density at radius 3 is 2.56 bits per heavy atom. The Morgan fingerprint density at radius 1 is 1.09 bits per heavy atom. The second-order valence-electron chi connectivity index (χ2n) is 10.3. The van der Waals surface area contributed by atoms with Crippen molar-refractivity contribution in [3.63, 3.8) is 0 Å². The first-order valence-electron chi connectivity index (χ1n) is 13.2. The number of hydrogen-bond acceptors (Lipinski definition) is 14. The van der Waals surface area contributed by atoms with E-state index in [2.05, 4.69) is 6.58 Å². The van der Waals surface area contributed by atoms with E-state index in [1.165, 1.54) is 30.3 Å². The Morgan fingerprint density at radius 2 is 1.86 bits per heavy atom. The van der Waals surface area contributed by atoms with Crippen molar-refractivity contribution in [2.45, 2.75) is 49.0 Å². The summed E-state index contributed by atoms with van der Waals surface area (Å²) in [5, 5.41) is 73.2. The molecule has 3 aliphatic rings. The Hall–Kier alpha value is -4.18. The van der Waals surface area contributed by atoms with Crippen LogP contribution in [0.4, 0.5) is 0 Å². The van der Waals surface area contributed by atoms with Gasteiger partial charge in [-0.15, -0.1) is 6.58 Å². The van der Waals surface area contributed by atoms with Gasteiger partial charge in [-0.05, 0) is 23.8 Å². The number of esters is 2. The molecule has 14 heteroatoms. The molecule has 0 bridgehead atoms. The lowest BCUT2D eigenvalue weighted by Gasteiger charge is -2.47. The molecule has 43 heavy (non-hydrogen) atoms. The van der Waals surface area contributed by atoms with Crippen molar-refractivity contribution in [3.05, 3.63) is 66.5 Å². The smallest absolute Gasteiger partial charge is 0.343 e. The monoisotopic (exact) mass is 602 g/mol. The molecular formula is C29H30O14. The van der Waals surface area contributed by atoms with Crippen molar-refractivity contribution in [2.24, 2.45) is 5.92 Å². The Bertz CT molecular complexity index is 1440. The van der Waals surface area contributed by atoms with Gasteiger partial charge < -0.3 is 59.4 Å². The lowest BCUT2D eigenvalue weighted by Crippen LogP contribution is -2.62. The van der Waals surface area contributed by atoms with Gasteiger partial charge in [0.05, 0.1) is 25.4 Å². The molecule has 2 aromatic carbocycles. The van der Waals surface area contributed by atoms with Crippen molar-refractivity contribution in [1.29, 1.82) is 0 Å². The third-order valence-corrected chi connectivity index (χ3v) is 7.62. The standard InChI is InChI=1S/C29H30O14/c1-2-17-27(40-12-18-25(36)39-7-6-29(17,18)38)43-28-24(23(35)22(34)20(11-30)41-28)42-26(37)21-16(9-15(32)10-19(21)33)13-4-3-5-14(31)8-13/h2-5,8-10,12,17,20,22-24,27-28,30-35,38H,1,6-7,11H2/t17-,20+,22+,23-,24+,27-,28-,29+/m1/s1. The van der Waals surface area contributed by atoms with E-state index in [1.54, 1.807) is 0 Å². The molecule has 0 amide bonds. The number of rotatable bonds is 7. The van der Waals surface area contributed by atoms with Crippen molar-refractivity contribution < 1.29 is 69.0 Å². The number of fused-ring (bicyclic) bond motifs is 1. The fourth-order valence-corrected chi connectivity index (χ4v) is 5.39. The van der Waals surface area contributed by atoms with E-state index in [-0.39, 0.29) is 35.5 Å². The first-order valence-corrected chi connectivity index (χ1v) is 13.2. The van der Waals surface area contributed by atoms with Crippen LogP contribution in [0.25, 0.3) is 11.1 Å². The molecule has 0 aliphatic carbocycles. The first kappa shape index (κ1) is 30.3. The van der Waals surface area contributed by atoms with Gasteiger partial charge in [0.15, 0.2) is 6.10 Å². The number of carbonyl (C=O) groups excluding carboxylic acids is 2. The van der Waals surface area contributed by atoms with Crippen LogP contribution in [0.2, 0.25) is 0 Å². The molecule has 230 valence electrons. The first-order chi connectivity index (χ1) is 20.5. The molecule has 2 fully saturated rings. The Balaban J connectivity index is 1.48. The summed E-state index contributed by atoms with van der Waals surface area (Å²) in [6.45, 7) is 2.83. The number of cyclic esters (lactones) is 1. The maximum absolute atomic E-state index is 13.5. The predicted octanol–water partition coefficient (Wildman–Crippen LogP) is 0.172. The minimum Gasteiger partial charge on any atom is -0.508 e. The van der Waals surface area contributed by atoms with E-state index >= 15 is 0 Å². The fraction of sp³-hybridized carbons (Fsp3) is 0.379. The normalized spacial score (nSPS) is 32.0. The van der Waals surface area contributed by atoms with Gasteiger partial charge in [0, 0.05) is 18.1 Å². The van der Waals surface area contributed by atoms with Crippen LogP contribution in [0.1, 0.15) is 16.8 Å². The average Bonchev–Trinajstić information content (AvgIpc) is 2.96. The van der Waals surface area contributed by atoms with E-state index < -0.39 is 84.1 Å². The summed E-state index contributed by atoms with van der Waals surface area (Å²) in [6.07, 6.45) is -7.79. The minimum absolute atomic E-state index is 0.0209. The second kappa shape index (κ2) is 11.8. The van der Waals surface area contributed by atoms with Crippen molar-refractivity contribution >= 4 is 11.9 Å². The molecule has 8 atom stereocenters. The molecule has 3 heterocycles. The molecule has 2 aromatic rings. The second-order valence-corrected chi connectivity index (χ2v) is 10.3. The zero-order valence-electron chi connectivity index (χ0n) is 22.5. The van der Waals surface area contributed by atoms with Crippen LogP contribution < -0.4 is 0 Å². The maximum Gasteiger partial charge on any atom is 0.343 e. The van der Waals surface area contributed by atoms with Gasteiger partial charge >= 0.3 is 11.9 Å². The van der Waals surface area contributed by atoms with Gasteiger partial charge in [-0.25, -0.2) is 9.59 Å². The van der Waals surface area contributed by atoms with Gasteiger partial charge in [-0.2, -0.15) is 0 Å². The number of aliphatic hydroxyl groups excluding tert-OH is 3. The zero-order chi connectivity index (χ0) is 31.1. The lowest BCUT2D eigenvalue weighted by atomic mass is 9.76. The SMILES string of the molecule is C=C[C@@H]1[C@@H](O[C@H]2O[C@@H](CO)[C@H](O)[C@@H](O)[C@@H]2OC(=O)c2c(O)cc(O)cc2-c2cccc(O)c2)OC=C2C(=O)OCC[C@@]21O. The molecule has 2 saturated heterocycles. The number of hydrogen-bond donors (Lipinski definition) is 7. The van der Waals surface area contributed by atoms with Crippen molar-refractivity contribution in [2.75, 3.05) is 13.2 Å². The Kier molecular flexibility index (Phi) is 8.34. The highest BCUT2D eigenvalue weighted by molar-refractivity contribution is 6.00. The summed E-state index contributed by atoms with van der Waals surface area (Å²) in [7, 11) is 0. The summed E-state index contributed by atoms with van der Waals surface area (Å²) < 4.78 is 27.6. The molecule has 0 unspecified atom stereocenters. The zero-order valence-corrected chi connectivity index (χ0v) is 22.5. The van der Waals surface area contributed by atoms with Crippen LogP contribution in [0.15, 0.2) is 60.9 Å². The number of aliphatic hydroxyl groups is 4. The van der Waals surface area contributed by atoms with Gasteiger partial charge in [-0.3, -0.25) is 0 Å². The van der Waals surface area contributed by atoms with E-state index in [0.717, 1.165) is 18.4 Å². The number of carbonyl (C=O) groups is 2. The molecule has 0 saturated carbocycles. The number of ether oxygens (including phenoxy) is 5. The highest BCUT2D eigenvalue weighted by Crippen LogP contribution is 2.43. The van der Waals surface area contributed by atoms with Gasteiger partial charge in [0.2, 0.25) is 12.6 Å². The summed E-state index contributed by atoms with van der Waals surface area (Å²) in [5.74, 6) is -4.40. The number of benzene rings is 2. The van der Waals surface area contributed by atoms with Crippen LogP contribution in [0.5, 0.6) is 17.2 Å². The van der Waals surface area contributed by atoms with Crippen LogP contribution in [0.3, 0.4) is 0 Å². The summed E-state index contributed by atoms with van der Waals surface area (Å²) in [6, 6.07) is 7.63. The maximum atomic E-state index is 13.5. The molecular weight excluding hydrogens is 572 g/mol. The summed E-state index contributed by atoms with van der Waals surface area (Å²) >= 11 is 0. The van der Waals surface area contributed by atoms with E-state index in [1.807, 2.05) is 0 Å². The summed E-state index contributed by atoms with van der Waals surface area (Å²) in [5.41, 5.74) is -2.25. The third kappa shape index (κ3) is 5.51. The van der Waals surface area contributed by atoms with Crippen LogP contribution in [0, 0.1) is 5.92 Å². The third-order valence-electron chi connectivity index (χ3n) is 7.62. The molecule has 3 aliphatic heterocycles. The minimum atomic E-state index is -1.90. The van der Waals surface area contributed by atoms with Crippen LogP contribution in [-0.2, 0) is 28.5 Å². The largest absolute Gasteiger partial charge is 0.508 e.